The molecule has 1 unspecified atom stereocenters. The molecule has 9 nitrogen and oxygen atoms in total. The lowest BCUT2D eigenvalue weighted by molar-refractivity contribution is -0.137. The highest BCUT2D eigenvalue weighted by Gasteiger charge is 2.57. The number of benzene rings is 1. The van der Waals surface area contributed by atoms with Crippen LogP contribution in [0.4, 0.5) is 0 Å². The number of ether oxygens (including phenoxy) is 3. The Balaban J connectivity index is 1.06. The van der Waals surface area contributed by atoms with E-state index < -0.39 is 5.41 Å². The number of amides is 2. The third-order valence-electron chi connectivity index (χ3n) is 8.53. The van der Waals surface area contributed by atoms with Gasteiger partial charge in [0.2, 0.25) is 11.8 Å². The molecule has 1 atom stereocenters. The molecule has 1 aromatic heterocycles. The highest BCUT2D eigenvalue weighted by Crippen LogP contribution is 2.47. The molecule has 4 aliphatic rings. The molecule has 1 saturated carbocycles. The molecule has 1 saturated heterocycles. The van der Waals surface area contributed by atoms with Crippen LogP contribution in [0.25, 0.3) is 10.9 Å². The monoisotopic (exact) mass is 570 g/mol. The normalized spacial score (nSPS) is 21.2. The topological polar surface area (TPSA) is 102 Å². The summed E-state index contributed by atoms with van der Waals surface area (Å²) in [6, 6.07) is 5.26. The maximum Gasteiger partial charge on any atom is 0.240 e. The summed E-state index contributed by atoms with van der Waals surface area (Å²) in [4.78, 5) is 33.6. The van der Waals surface area contributed by atoms with Crippen LogP contribution in [0.2, 0.25) is 0 Å². The molecule has 0 bridgehead atoms. The van der Waals surface area contributed by atoms with Gasteiger partial charge in [-0.15, -0.1) is 0 Å². The zero-order valence-electron chi connectivity index (χ0n) is 24.3. The lowest BCUT2D eigenvalue weighted by Gasteiger charge is -2.25. The van der Waals surface area contributed by atoms with Crippen LogP contribution in [0.3, 0.4) is 0 Å². The smallest absolute Gasteiger partial charge is 0.240 e. The Bertz CT molecular complexity index is 1500. The Labute approximate surface area is 246 Å². The van der Waals surface area contributed by atoms with Gasteiger partial charge >= 0.3 is 0 Å². The summed E-state index contributed by atoms with van der Waals surface area (Å²) in [6.07, 6.45) is 17.8. The van der Waals surface area contributed by atoms with E-state index >= 15 is 0 Å². The fourth-order valence-corrected chi connectivity index (χ4v) is 5.87. The minimum atomic E-state index is -0.999. The highest BCUT2D eigenvalue weighted by molar-refractivity contribution is 6.08. The largest absolute Gasteiger partial charge is 0.493 e. The van der Waals surface area contributed by atoms with E-state index in [9.17, 15) is 9.59 Å². The van der Waals surface area contributed by atoms with E-state index in [0.29, 0.717) is 42.3 Å². The van der Waals surface area contributed by atoms with Gasteiger partial charge in [0.05, 0.1) is 25.8 Å². The van der Waals surface area contributed by atoms with Gasteiger partial charge in [-0.25, -0.2) is 0 Å². The molecule has 2 heterocycles. The van der Waals surface area contributed by atoms with Gasteiger partial charge in [0.1, 0.15) is 16.9 Å². The van der Waals surface area contributed by atoms with Crippen LogP contribution in [0, 0.1) is 5.41 Å². The number of hydrogen-bond donors (Lipinski definition) is 2. The van der Waals surface area contributed by atoms with Crippen LogP contribution in [-0.2, 0) is 9.59 Å². The minimum Gasteiger partial charge on any atom is -0.493 e. The molecule has 1 aliphatic heterocycles. The maximum absolute atomic E-state index is 13.4. The Morgan fingerprint density at radius 2 is 1.76 bits per heavy atom. The van der Waals surface area contributed by atoms with Crippen molar-refractivity contribution >= 4 is 22.7 Å². The van der Waals surface area contributed by atoms with Gasteiger partial charge in [0.25, 0.3) is 0 Å². The molecular formula is C33H38N4O5. The predicted molar refractivity (Wildman–Crippen MR) is 160 cm³/mol. The number of likely N-dealkylation sites (tertiary alicyclic amines) is 1. The molecule has 1 aromatic carbocycles. The van der Waals surface area contributed by atoms with Crippen molar-refractivity contribution in [2.45, 2.75) is 51.0 Å². The summed E-state index contributed by atoms with van der Waals surface area (Å²) < 4.78 is 17.0. The second-order valence-electron chi connectivity index (χ2n) is 11.4. The van der Waals surface area contributed by atoms with Gasteiger partial charge in [-0.05, 0) is 87.9 Å². The van der Waals surface area contributed by atoms with Crippen molar-refractivity contribution in [1.29, 1.82) is 0 Å². The van der Waals surface area contributed by atoms with E-state index in [-0.39, 0.29) is 17.9 Å². The van der Waals surface area contributed by atoms with Crippen molar-refractivity contribution in [1.82, 2.24) is 20.5 Å². The van der Waals surface area contributed by atoms with Crippen LogP contribution in [0.15, 0.2) is 71.8 Å². The fraction of sp³-hybridized carbons (Fsp3) is 0.424. The zero-order valence-corrected chi connectivity index (χ0v) is 24.3. The van der Waals surface area contributed by atoms with E-state index in [1.165, 1.54) is 18.4 Å². The second-order valence-corrected chi connectivity index (χ2v) is 11.4. The number of pyridine rings is 1. The molecule has 2 amide bonds. The molecule has 2 fully saturated rings. The fourth-order valence-electron chi connectivity index (χ4n) is 5.87. The number of allylic oxidation sites excluding steroid dienone is 3. The van der Waals surface area contributed by atoms with Crippen LogP contribution < -0.4 is 24.8 Å². The van der Waals surface area contributed by atoms with E-state index in [1.54, 1.807) is 26.5 Å². The third-order valence-corrected chi connectivity index (χ3v) is 8.53. The molecule has 220 valence electrons. The first-order valence-electron chi connectivity index (χ1n) is 14.8. The molecule has 42 heavy (non-hydrogen) atoms. The quantitative estimate of drug-likeness (QED) is 0.404. The number of methoxy groups -OCH3 is 2. The summed E-state index contributed by atoms with van der Waals surface area (Å²) in [7, 11) is 3.18. The average molecular weight is 571 g/mol. The van der Waals surface area contributed by atoms with Gasteiger partial charge in [-0.3, -0.25) is 19.5 Å². The third kappa shape index (κ3) is 5.79. The van der Waals surface area contributed by atoms with Crippen molar-refractivity contribution in [3.63, 3.8) is 0 Å². The average Bonchev–Trinajstić information content (AvgIpc) is 3.68. The van der Waals surface area contributed by atoms with Crippen molar-refractivity contribution in [2.75, 3.05) is 33.9 Å². The first-order chi connectivity index (χ1) is 20.5. The number of aromatic nitrogens is 1. The molecule has 0 radical (unpaired) electrons. The summed E-state index contributed by atoms with van der Waals surface area (Å²) in [5, 5.41) is 7.00. The van der Waals surface area contributed by atoms with E-state index in [2.05, 4.69) is 32.7 Å². The van der Waals surface area contributed by atoms with Crippen molar-refractivity contribution in [3.05, 3.63) is 71.8 Å². The standard InChI is InChI=1S/C33H38N4O5/c1-40-29-19-25-27(20-30(29)41-2)34-16-13-28(25)42-24-11-9-23(10-12-24)35-31(38)33(14-15-33)32(39)36-26-8-4-3-7-22(26)21-37-17-5-6-18-37/h7-9,11-13,16,19-20,23H,3-6,10,14-15,17-18,21H2,1-2H3,(H,35,38)(H,36,39). The van der Waals surface area contributed by atoms with Gasteiger partial charge in [-0.2, -0.15) is 0 Å². The number of fused-ring (bicyclic) bond motifs is 1. The van der Waals surface area contributed by atoms with E-state index in [0.717, 1.165) is 49.1 Å². The Hall–Kier alpha value is -4.11. The van der Waals surface area contributed by atoms with E-state index in [4.69, 9.17) is 14.2 Å². The SMILES string of the molecule is COc1cc2nccc(OC3=CCC(NC(=O)C4(C(=O)NC5=CCCC=C5CN5CCCC5)CC4)C=C3)c2cc1OC. The molecule has 3 aliphatic carbocycles. The number of rotatable bonds is 10. The lowest BCUT2D eigenvalue weighted by Crippen LogP contribution is -2.46. The predicted octanol–water partition coefficient (Wildman–Crippen LogP) is 4.56. The number of carbonyl (C=O) groups is 2. The number of hydrogen-bond acceptors (Lipinski definition) is 7. The van der Waals surface area contributed by atoms with E-state index in [1.807, 2.05) is 30.4 Å². The summed E-state index contributed by atoms with van der Waals surface area (Å²) in [6.45, 7) is 3.06. The Kier molecular flexibility index (Phi) is 8.02. The van der Waals surface area contributed by atoms with Crippen molar-refractivity contribution in [2.24, 2.45) is 5.41 Å². The van der Waals surface area contributed by atoms with Crippen LogP contribution in [0.5, 0.6) is 17.2 Å². The first-order valence-corrected chi connectivity index (χ1v) is 14.8. The molecule has 9 heteroatoms. The first kappa shape index (κ1) is 28.0. The summed E-state index contributed by atoms with van der Waals surface area (Å²) in [5.74, 6) is 2.09. The van der Waals surface area contributed by atoms with Crippen molar-refractivity contribution in [3.8, 4) is 17.2 Å². The zero-order chi connectivity index (χ0) is 29.1. The van der Waals surface area contributed by atoms with Gasteiger partial charge in [0.15, 0.2) is 11.5 Å². The Morgan fingerprint density at radius 1 is 1.00 bits per heavy atom. The van der Waals surface area contributed by atoms with Crippen LogP contribution >= 0.6 is 0 Å². The number of nitrogens with one attached hydrogen (secondary N) is 2. The van der Waals surface area contributed by atoms with Crippen LogP contribution in [0.1, 0.15) is 44.9 Å². The van der Waals surface area contributed by atoms with Gasteiger partial charge < -0.3 is 24.8 Å². The highest BCUT2D eigenvalue weighted by atomic mass is 16.5. The molecule has 2 aromatic rings. The number of carbonyl (C=O) groups excluding carboxylic acids is 2. The van der Waals surface area contributed by atoms with Crippen molar-refractivity contribution < 1.29 is 23.8 Å². The summed E-state index contributed by atoms with van der Waals surface area (Å²) >= 11 is 0. The molecule has 0 spiro atoms. The molecule has 2 N–H and O–H groups in total. The lowest BCUT2D eigenvalue weighted by atomic mass is 9.99. The minimum absolute atomic E-state index is 0.198. The second kappa shape index (κ2) is 12.0. The maximum atomic E-state index is 13.4. The Morgan fingerprint density at radius 3 is 2.48 bits per heavy atom. The molecule has 6 rings (SSSR count). The van der Waals surface area contributed by atoms with Crippen LogP contribution in [-0.4, -0.2) is 61.6 Å². The van der Waals surface area contributed by atoms with Gasteiger partial charge in [0, 0.05) is 29.9 Å². The summed E-state index contributed by atoms with van der Waals surface area (Å²) in [5.41, 5.74) is 1.77. The molecular weight excluding hydrogens is 532 g/mol. The van der Waals surface area contributed by atoms with Gasteiger partial charge in [-0.1, -0.05) is 18.2 Å². The number of nitrogens with zero attached hydrogens (tertiary/aromatic N) is 2.